The molecule has 0 aliphatic carbocycles. The lowest BCUT2D eigenvalue weighted by Crippen LogP contribution is -2.32. The van der Waals surface area contributed by atoms with Crippen LogP contribution < -0.4 is 5.32 Å². The summed E-state index contributed by atoms with van der Waals surface area (Å²) in [5, 5.41) is 12.0. The topological polar surface area (TPSA) is 42.7 Å². The average Bonchev–Trinajstić information content (AvgIpc) is 2.63. The number of nitrogens with zero attached hydrogens (tertiary/aromatic N) is 3. The first-order valence-electron chi connectivity index (χ1n) is 5.53. The number of hydrogen-bond acceptors (Lipinski definition) is 4. The van der Waals surface area contributed by atoms with Gasteiger partial charge in [0.15, 0.2) is 5.82 Å². The van der Waals surface area contributed by atoms with Crippen LogP contribution in [0.2, 0.25) is 0 Å². The summed E-state index contributed by atoms with van der Waals surface area (Å²) in [7, 11) is 0. The second-order valence-electron chi connectivity index (χ2n) is 3.84. The number of thioether (sulfide) groups is 1. The fourth-order valence-corrected chi connectivity index (χ4v) is 2.82. The van der Waals surface area contributed by atoms with E-state index in [0.717, 1.165) is 36.9 Å². The third kappa shape index (κ3) is 2.34. The maximum atomic E-state index is 4.30. The van der Waals surface area contributed by atoms with E-state index in [0.29, 0.717) is 6.04 Å². The van der Waals surface area contributed by atoms with Gasteiger partial charge in [-0.15, -0.1) is 10.2 Å². The summed E-state index contributed by atoms with van der Waals surface area (Å²) >= 11 is 1.99. The van der Waals surface area contributed by atoms with E-state index in [2.05, 4.69) is 27.0 Å². The molecule has 2 heterocycles. The highest BCUT2D eigenvalue weighted by atomic mass is 32.2. The quantitative estimate of drug-likeness (QED) is 0.845. The van der Waals surface area contributed by atoms with Crippen LogP contribution in [-0.2, 0) is 6.54 Å². The van der Waals surface area contributed by atoms with Crippen LogP contribution in [0.15, 0.2) is 0 Å². The van der Waals surface area contributed by atoms with Gasteiger partial charge in [-0.05, 0) is 13.3 Å². The molecule has 15 heavy (non-hydrogen) atoms. The van der Waals surface area contributed by atoms with E-state index in [-0.39, 0.29) is 0 Å². The van der Waals surface area contributed by atoms with E-state index in [4.69, 9.17) is 0 Å². The van der Waals surface area contributed by atoms with E-state index >= 15 is 0 Å². The summed E-state index contributed by atoms with van der Waals surface area (Å²) in [6.45, 7) is 6.32. The second-order valence-corrected chi connectivity index (χ2v) is 4.99. The summed E-state index contributed by atoms with van der Waals surface area (Å²) in [6.07, 6.45) is 1.13. The fourth-order valence-electron chi connectivity index (χ4n) is 1.89. The van der Waals surface area contributed by atoms with Gasteiger partial charge in [-0.2, -0.15) is 11.8 Å². The Morgan fingerprint density at radius 3 is 3.07 bits per heavy atom. The normalized spacial score (nSPS) is 21.9. The first-order chi connectivity index (χ1) is 7.33. The SMILES string of the molecule is CCCn1c(C)nnc1C1CSCCN1. The van der Waals surface area contributed by atoms with Crippen LogP contribution in [0.5, 0.6) is 0 Å². The van der Waals surface area contributed by atoms with Gasteiger partial charge in [0.05, 0.1) is 6.04 Å². The molecule has 0 bridgehead atoms. The van der Waals surface area contributed by atoms with Crippen LogP contribution in [0.1, 0.15) is 31.0 Å². The second kappa shape index (κ2) is 4.99. The Hall–Kier alpha value is -0.550. The number of hydrogen-bond donors (Lipinski definition) is 1. The van der Waals surface area contributed by atoms with Gasteiger partial charge in [0.1, 0.15) is 5.82 Å². The standard InChI is InChI=1S/C10H18N4S/c1-3-5-14-8(2)12-13-10(14)9-7-15-6-4-11-9/h9,11H,3-7H2,1-2H3. The summed E-state index contributed by atoms with van der Waals surface area (Å²) in [5.41, 5.74) is 0. The minimum atomic E-state index is 0.386. The molecule has 5 heteroatoms. The molecule has 1 aromatic heterocycles. The molecule has 2 rings (SSSR count). The van der Waals surface area contributed by atoms with Crippen molar-refractivity contribution in [2.45, 2.75) is 32.9 Å². The van der Waals surface area contributed by atoms with Gasteiger partial charge >= 0.3 is 0 Å². The van der Waals surface area contributed by atoms with Crippen molar-refractivity contribution in [1.82, 2.24) is 20.1 Å². The molecular weight excluding hydrogens is 208 g/mol. The Morgan fingerprint density at radius 1 is 1.53 bits per heavy atom. The molecule has 1 fully saturated rings. The van der Waals surface area contributed by atoms with Gasteiger partial charge in [-0.25, -0.2) is 0 Å². The van der Waals surface area contributed by atoms with Crippen LogP contribution in [0.3, 0.4) is 0 Å². The van der Waals surface area contributed by atoms with E-state index in [1.54, 1.807) is 0 Å². The lowest BCUT2D eigenvalue weighted by Gasteiger charge is -2.23. The summed E-state index contributed by atoms with van der Waals surface area (Å²) in [4.78, 5) is 0. The molecule has 1 N–H and O–H groups in total. The average molecular weight is 226 g/mol. The smallest absolute Gasteiger partial charge is 0.151 e. The van der Waals surface area contributed by atoms with Crippen molar-refractivity contribution in [3.63, 3.8) is 0 Å². The molecular formula is C10H18N4S. The maximum absolute atomic E-state index is 4.30. The number of nitrogens with one attached hydrogen (secondary N) is 1. The molecule has 0 radical (unpaired) electrons. The Labute approximate surface area is 94.8 Å². The molecule has 1 saturated heterocycles. The van der Waals surface area contributed by atoms with Crippen LogP contribution in [0, 0.1) is 6.92 Å². The number of aromatic nitrogens is 3. The molecule has 0 aromatic carbocycles. The first-order valence-corrected chi connectivity index (χ1v) is 6.69. The van der Waals surface area contributed by atoms with Crippen molar-refractivity contribution >= 4 is 11.8 Å². The van der Waals surface area contributed by atoms with Gasteiger partial charge < -0.3 is 9.88 Å². The maximum Gasteiger partial charge on any atom is 0.151 e. The number of rotatable bonds is 3. The van der Waals surface area contributed by atoms with Crippen LogP contribution in [0.4, 0.5) is 0 Å². The minimum absolute atomic E-state index is 0.386. The molecule has 0 amide bonds. The Bertz CT molecular complexity index is 317. The predicted octanol–water partition coefficient (Wildman–Crippen LogP) is 1.37. The van der Waals surface area contributed by atoms with Gasteiger partial charge in [0.25, 0.3) is 0 Å². The van der Waals surface area contributed by atoms with Crippen LogP contribution in [-0.4, -0.2) is 32.8 Å². The molecule has 4 nitrogen and oxygen atoms in total. The zero-order valence-electron chi connectivity index (χ0n) is 9.36. The van der Waals surface area contributed by atoms with E-state index in [1.807, 2.05) is 18.7 Å². The third-order valence-corrected chi connectivity index (χ3v) is 3.71. The molecule has 84 valence electrons. The Kier molecular flexibility index (Phi) is 3.64. The number of aryl methyl sites for hydroxylation is 1. The zero-order chi connectivity index (χ0) is 10.7. The Balaban J connectivity index is 2.18. The molecule has 0 spiro atoms. The highest BCUT2D eigenvalue weighted by molar-refractivity contribution is 7.99. The lowest BCUT2D eigenvalue weighted by atomic mass is 10.3. The first kappa shape index (κ1) is 11.0. The van der Waals surface area contributed by atoms with Gasteiger partial charge in [0.2, 0.25) is 0 Å². The highest BCUT2D eigenvalue weighted by Crippen LogP contribution is 2.21. The fraction of sp³-hybridized carbons (Fsp3) is 0.800. The van der Waals surface area contributed by atoms with Gasteiger partial charge in [-0.1, -0.05) is 6.92 Å². The molecule has 1 unspecified atom stereocenters. The summed E-state index contributed by atoms with van der Waals surface area (Å²) in [5.74, 6) is 4.46. The van der Waals surface area contributed by atoms with E-state index in [1.165, 1.54) is 5.75 Å². The van der Waals surface area contributed by atoms with Crippen molar-refractivity contribution in [1.29, 1.82) is 0 Å². The van der Waals surface area contributed by atoms with E-state index in [9.17, 15) is 0 Å². The van der Waals surface area contributed by atoms with Crippen LogP contribution in [0.25, 0.3) is 0 Å². The van der Waals surface area contributed by atoms with Crippen molar-refractivity contribution < 1.29 is 0 Å². The summed E-state index contributed by atoms with van der Waals surface area (Å²) in [6, 6.07) is 0.386. The van der Waals surface area contributed by atoms with Crippen LogP contribution >= 0.6 is 11.8 Å². The largest absolute Gasteiger partial charge is 0.314 e. The zero-order valence-corrected chi connectivity index (χ0v) is 10.2. The molecule has 1 aromatic rings. The van der Waals surface area contributed by atoms with Crippen molar-refractivity contribution in [3.8, 4) is 0 Å². The monoisotopic (exact) mass is 226 g/mol. The van der Waals surface area contributed by atoms with E-state index < -0.39 is 0 Å². The van der Waals surface area contributed by atoms with Gasteiger partial charge in [-0.3, -0.25) is 0 Å². The van der Waals surface area contributed by atoms with Crippen molar-refractivity contribution in [2.75, 3.05) is 18.1 Å². The van der Waals surface area contributed by atoms with Crippen molar-refractivity contribution in [3.05, 3.63) is 11.6 Å². The van der Waals surface area contributed by atoms with Gasteiger partial charge in [0, 0.05) is 24.6 Å². The Morgan fingerprint density at radius 2 is 2.40 bits per heavy atom. The summed E-state index contributed by atoms with van der Waals surface area (Å²) < 4.78 is 2.24. The molecule has 1 atom stereocenters. The lowest BCUT2D eigenvalue weighted by molar-refractivity contribution is 0.516. The minimum Gasteiger partial charge on any atom is -0.314 e. The molecule has 1 aliphatic rings. The molecule has 0 saturated carbocycles. The third-order valence-electron chi connectivity index (χ3n) is 2.64. The highest BCUT2D eigenvalue weighted by Gasteiger charge is 2.21. The van der Waals surface area contributed by atoms with Crippen molar-refractivity contribution in [2.24, 2.45) is 0 Å². The molecule has 1 aliphatic heterocycles. The predicted molar refractivity (Wildman–Crippen MR) is 63.1 cm³/mol.